The second-order valence-electron chi connectivity index (χ2n) is 2.76. The normalized spacial score (nSPS) is 10.1. The van der Waals surface area contributed by atoms with Crippen LogP contribution in [0.25, 0.3) is 0 Å². The lowest BCUT2D eigenvalue weighted by Crippen LogP contribution is -1.92. The minimum absolute atomic E-state index is 0.365. The maximum absolute atomic E-state index is 8.77. The molecule has 0 radical (unpaired) electrons. The van der Waals surface area contributed by atoms with Crippen molar-refractivity contribution in [2.75, 3.05) is 0 Å². The first-order valence-corrected chi connectivity index (χ1v) is 5.12. The summed E-state index contributed by atoms with van der Waals surface area (Å²) in [5, 5.41) is 9.58. The third-order valence-electron chi connectivity index (χ3n) is 1.29. The van der Waals surface area contributed by atoms with Gasteiger partial charge in [-0.25, -0.2) is 4.98 Å². The number of rotatable bonds is 2. The lowest BCUT2D eigenvalue weighted by Gasteiger charge is -2.05. The number of pyridine rings is 1. The molecular weight excluding hydrogens is 204 g/mol. The Hall–Kier alpha value is -0.720. The molecule has 1 aromatic heterocycles. The molecule has 0 atom stereocenters. The second kappa shape index (κ2) is 4.50. The largest absolute Gasteiger partial charge is 0.224 e. The van der Waals surface area contributed by atoms with Gasteiger partial charge in [0, 0.05) is 10.1 Å². The molecule has 68 valence electrons. The summed E-state index contributed by atoms with van der Waals surface area (Å²) in [5.74, 6) is 0. The molecule has 0 spiro atoms. The average molecular weight is 213 g/mol. The number of hydrogen-bond donors (Lipinski definition) is 0. The van der Waals surface area contributed by atoms with Crippen LogP contribution in [-0.2, 0) is 0 Å². The van der Waals surface area contributed by atoms with Gasteiger partial charge in [0.05, 0.1) is 0 Å². The average Bonchev–Trinajstić information content (AvgIpc) is 2.07. The molecule has 1 aromatic rings. The molecule has 0 bridgehead atoms. The zero-order valence-electron chi connectivity index (χ0n) is 7.41. The molecule has 0 aliphatic heterocycles. The van der Waals surface area contributed by atoms with E-state index in [1.54, 1.807) is 17.8 Å². The first kappa shape index (κ1) is 10.4. The van der Waals surface area contributed by atoms with Crippen LogP contribution in [0.15, 0.2) is 17.0 Å². The zero-order chi connectivity index (χ0) is 9.84. The van der Waals surface area contributed by atoms with Crippen LogP contribution in [0.5, 0.6) is 0 Å². The number of nitrogens with zero attached hydrogens (tertiary/aromatic N) is 2. The molecule has 0 aliphatic rings. The predicted octanol–water partition coefficient (Wildman–Crippen LogP) is 3.11. The van der Waals surface area contributed by atoms with Crippen LogP contribution < -0.4 is 0 Å². The van der Waals surface area contributed by atoms with E-state index in [4.69, 9.17) is 16.9 Å². The van der Waals surface area contributed by atoms with Crippen LogP contribution in [-0.4, -0.2) is 10.2 Å². The van der Waals surface area contributed by atoms with Crippen LogP contribution in [0.1, 0.15) is 19.5 Å². The molecule has 0 saturated carbocycles. The molecule has 0 unspecified atom stereocenters. The van der Waals surface area contributed by atoms with Crippen molar-refractivity contribution in [3.8, 4) is 6.07 Å². The molecule has 1 heterocycles. The van der Waals surface area contributed by atoms with Crippen molar-refractivity contribution < 1.29 is 0 Å². The number of nitriles is 1. The Balaban J connectivity index is 3.01. The Kier molecular flexibility index (Phi) is 3.58. The monoisotopic (exact) mass is 212 g/mol. The van der Waals surface area contributed by atoms with E-state index in [0.29, 0.717) is 16.1 Å². The standard InChI is InChI=1S/C9H9ClN2S/c1-6(2)13-8-3-4-9(10)12-7(8)5-11/h3-4,6H,1-2H3. The predicted molar refractivity (Wildman–Crippen MR) is 55.0 cm³/mol. The topological polar surface area (TPSA) is 36.7 Å². The van der Waals surface area contributed by atoms with Crippen molar-refractivity contribution in [3.05, 3.63) is 23.0 Å². The van der Waals surface area contributed by atoms with Gasteiger partial charge in [0.15, 0.2) is 5.69 Å². The van der Waals surface area contributed by atoms with Crippen molar-refractivity contribution in [1.29, 1.82) is 5.26 Å². The van der Waals surface area contributed by atoms with E-state index in [1.165, 1.54) is 0 Å². The summed E-state index contributed by atoms with van der Waals surface area (Å²) in [6, 6.07) is 5.56. The Morgan fingerprint density at radius 2 is 2.23 bits per heavy atom. The van der Waals surface area contributed by atoms with Gasteiger partial charge in [-0.2, -0.15) is 5.26 Å². The molecular formula is C9H9ClN2S. The van der Waals surface area contributed by atoms with Crippen molar-refractivity contribution >= 4 is 23.4 Å². The van der Waals surface area contributed by atoms with Crippen LogP contribution in [0.2, 0.25) is 5.15 Å². The summed E-state index contributed by atoms with van der Waals surface area (Å²) in [5.41, 5.74) is 0.409. The maximum Gasteiger partial charge on any atom is 0.155 e. The highest BCUT2D eigenvalue weighted by Crippen LogP contribution is 2.26. The van der Waals surface area contributed by atoms with Crippen LogP contribution in [0, 0.1) is 11.3 Å². The van der Waals surface area contributed by atoms with Gasteiger partial charge in [0.1, 0.15) is 11.2 Å². The Bertz CT molecular complexity index is 344. The van der Waals surface area contributed by atoms with Gasteiger partial charge in [-0.05, 0) is 12.1 Å². The van der Waals surface area contributed by atoms with E-state index in [0.717, 1.165) is 4.90 Å². The fourth-order valence-corrected chi connectivity index (χ4v) is 1.86. The van der Waals surface area contributed by atoms with Gasteiger partial charge in [-0.3, -0.25) is 0 Å². The van der Waals surface area contributed by atoms with E-state index >= 15 is 0 Å². The maximum atomic E-state index is 8.77. The van der Waals surface area contributed by atoms with Gasteiger partial charge in [-0.15, -0.1) is 11.8 Å². The SMILES string of the molecule is CC(C)Sc1ccc(Cl)nc1C#N. The smallest absolute Gasteiger partial charge is 0.155 e. The minimum atomic E-state index is 0.365. The van der Waals surface area contributed by atoms with Crippen molar-refractivity contribution in [3.63, 3.8) is 0 Å². The lowest BCUT2D eigenvalue weighted by atomic mass is 10.4. The lowest BCUT2D eigenvalue weighted by molar-refractivity contribution is 1.10. The third kappa shape index (κ3) is 2.91. The van der Waals surface area contributed by atoms with E-state index in [9.17, 15) is 0 Å². The highest BCUT2D eigenvalue weighted by atomic mass is 35.5. The van der Waals surface area contributed by atoms with Gasteiger partial charge >= 0.3 is 0 Å². The summed E-state index contributed by atoms with van der Waals surface area (Å²) in [6.45, 7) is 4.14. The van der Waals surface area contributed by atoms with Gasteiger partial charge in [0.2, 0.25) is 0 Å². The van der Waals surface area contributed by atoms with E-state index in [-0.39, 0.29) is 0 Å². The quantitative estimate of drug-likeness (QED) is 0.558. The van der Waals surface area contributed by atoms with Gasteiger partial charge < -0.3 is 0 Å². The highest BCUT2D eigenvalue weighted by molar-refractivity contribution is 8.00. The fourth-order valence-electron chi connectivity index (χ4n) is 0.852. The number of hydrogen-bond acceptors (Lipinski definition) is 3. The number of thioether (sulfide) groups is 1. The third-order valence-corrected chi connectivity index (χ3v) is 2.56. The summed E-state index contributed by atoms with van der Waals surface area (Å²) in [6.07, 6.45) is 0. The summed E-state index contributed by atoms with van der Waals surface area (Å²) in [4.78, 5) is 4.82. The van der Waals surface area contributed by atoms with Gasteiger partial charge in [-0.1, -0.05) is 25.4 Å². The molecule has 0 saturated heterocycles. The summed E-state index contributed by atoms with van der Waals surface area (Å²) in [7, 11) is 0. The van der Waals surface area contributed by atoms with Crippen LogP contribution >= 0.6 is 23.4 Å². The van der Waals surface area contributed by atoms with Gasteiger partial charge in [0.25, 0.3) is 0 Å². The Labute approximate surface area is 86.9 Å². The molecule has 1 rings (SSSR count). The molecule has 2 nitrogen and oxygen atoms in total. The van der Waals surface area contributed by atoms with Crippen molar-refractivity contribution in [1.82, 2.24) is 4.98 Å². The summed E-state index contributed by atoms with van der Waals surface area (Å²) < 4.78 is 0. The molecule has 0 fully saturated rings. The number of aromatic nitrogens is 1. The molecule has 0 N–H and O–H groups in total. The Morgan fingerprint density at radius 1 is 1.54 bits per heavy atom. The number of halogens is 1. The fraction of sp³-hybridized carbons (Fsp3) is 0.333. The van der Waals surface area contributed by atoms with Crippen LogP contribution in [0.4, 0.5) is 0 Å². The minimum Gasteiger partial charge on any atom is -0.224 e. The van der Waals surface area contributed by atoms with Crippen LogP contribution in [0.3, 0.4) is 0 Å². The van der Waals surface area contributed by atoms with Crippen molar-refractivity contribution in [2.24, 2.45) is 0 Å². The second-order valence-corrected chi connectivity index (χ2v) is 4.76. The zero-order valence-corrected chi connectivity index (χ0v) is 8.99. The highest BCUT2D eigenvalue weighted by Gasteiger charge is 2.06. The van der Waals surface area contributed by atoms with E-state index < -0.39 is 0 Å². The Morgan fingerprint density at radius 3 is 2.77 bits per heavy atom. The van der Waals surface area contributed by atoms with Crippen molar-refractivity contribution in [2.45, 2.75) is 24.0 Å². The first-order valence-electron chi connectivity index (χ1n) is 3.87. The van der Waals surface area contributed by atoms with E-state index in [2.05, 4.69) is 18.8 Å². The summed E-state index contributed by atoms with van der Waals surface area (Å²) >= 11 is 7.28. The first-order chi connectivity index (χ1) is 6.13. The molecule has 0 aliphatic carbocycles. The molecule has 0 amide bonds. The molecule has 13 heavy (non-hydrogen) atoms. The molecule has 4 heteroatoms. The molecule has 0 aromatic carbocycles. The van der Waals surface area contributed by atoms with E-state index in [1.807, 2.05) is 12.1 Å².